The molecule has 0 spiro atoms. The molecule has 3 N–H and O–H groups in total. The third kappa shape index (κ3) is 6.46. The molecule has 0 bridgehead atoms. The Bertz CT molecular complexity index is 1330. The number of alkyl carbamates (subject to hydrolysis) is 1. The van der Waals surface area contributed by atoms with Crippen molar-refractivity contribution in [3.05, 3.63) is 72.7 Å². The fourth-order valence-electron chi connectivity index (χ4n) is 6.45. The highest BCUT2D eigenvalue weighted by molar-refractivity contribution is 5.98. The van der Waals surface area contributed by atoms with Crippen LogP contribution in [0.25, 0.3) is 11.3 Å². The number of para-hydroxylation sites is 1. The average Bonchev–Trinajstić information content (AvgIpc) is 3.45. The lowest BCUT2D eigenvalue weighted by molar-refractivity contribution is 0.0474. The number of rotatable bonds is 9. The van der Waals surface area contributed by atoms with Crippen LogP contribution in [-0.4, -0.2) is 70.8 Å². The second kappa shape index (κ2) is 13.4. The summed E-state index contributed by atoms with van der Waals surface area (Å²) >= 11 is 0. The van der Waals surface area contributed by atoms with E-state index in [2.05, 4.69) is 32.7 Å². The molecule has 9 nitrogen and oxygen atoms in total. The van der Waals surface area contributed by atoms with Gasteiger partial charge < -0.3 is 30.2 Å². The second-order valence-corrected chi connectivity index (χ2v) is 11.7. The third-order valence-electron chi connectivity index (χ3n) is 8.95. The standard InChI is InChI=1S/C33H42N6O3/c40-32(38-21-20-34-22-26(38)18-19-35-25-12-5-2-6-13-25)30-31(24-10-3-1-4-11-24)39(23-36-30)29-17-8-7-16-28(29)37-33(41)42-27-14-9-15-27/h1-6,10-13,23,26-29,34-35H,7-9,14-22H2,(H,37,41)/t26-,28+,29+/m1/s1. The number of imidazole rings is 1. The maximum Gasteiger partial charge on any atom is 0.407 e. The SMILES string of the molecule is O=C(N[C@H]1CCCC[C@@H]1n1cnc(C(=O)N2CCNC[C@H]2CCNc2ccccc2)c1-c1ccccc1)OC1CCC1. The molecule has 9 heteroatoms. The lowest BCUT2D eigenvalue weighted by atomic mass is 9.89. The Labute approximate surface area is 248 Å². The normalized spacial score (nSPS) is 22.7. The third-order valence-corrected chi connectivity index (χ3v) is 8.95. The summed E-state index contributed by atoms with van der Waals surface area (Å²) in [7, 11) is 0. The van der Waals surface area contributed by atoms with Gasteiger partial charge in [0.1, 0.15) is 6.10 Å². The first-order valence-electron chi connectivity index (χ1n) is 15.6. The van der Waals surface area contributed by atoms with E-state index in [0.29, 0.717) is 12.2 Å². The highest BCUT2D eigenvalue weighted by Crippen LogP contribution is 2.35. The quantitative estimate of drug-likeness (QED) is 0.326. The van der Waals surface area contributed by atoms with E-state index in [1.54, 1.807) is 0 Å². The van der Waals surface area contributed by atoms with E-state index in [-0.39, 0.29) is 36.2 Å². The molecule has 3 aliphatic rings. The number of nitrogens with zero attached hydrogens (tertiary/aromatic N) is 3. The Balaban J connectivity index is 1.24. The summed E-state index contributed by atoms with van der Waals surface area (Å²) in [6.45, 7) is 2.91. The number of piperazine rings is 1. The van der Waals surface area contributed by atoms with Gasteiger partial charge >= 0.3 is 6.09 Å². The minimum atomic E-state index is -0.331. The molecule has 1 saturated heterocycles. The summed E-state index contributed by atoms with van der Waals surface area (Å²) in [5.74, 6) is -0.0384. The monoisotopic (exact) mass is 570 g/mol. The van der Waals surface area contributed by atoms with Crippen molar-refractivity contribution in [2.75, 3.05) is 31.5 Å². The molecule has 2 heterocycles. The summed E-state index contributed by atoms with van der Waals surface area (Å²) in [4.78, 5) is 33.8. The van der Waals surface area contributed by atoms with Gasteiger partial charge in [-0.2, -0.15) is 0 Å². The lowest BCUT2D eigenvalue weighted by Crippen LogP contribution is -2.54. The van der Waals surface area contributed by atoms with E-state index in [4.69, 9.17) is 9.72 Å². The highest BCUT2D eigenvalue weighted by Gasteiger charge is 2.35. The predicted octanol–water partition coefficient (Wildman–Crippen LogP) is 5.23. The first-order chi connectivity index (χ1) is 20.7. The van der Waals surface area contributed by atoms with E-state index in [1.165, 1.54) is 0 Å². The van der Waals surface area contributed by atoms with E-state index < -0.39 is 0 Å². The molecular formula is C33H42N6O3. The Morgan fingerprint density at radius 2 is 1.71 bits per heavy atom. The molecular weight excluding hydrogens is 528 g/mol. The van der Waals surface area contributed by atoms with Crippen LogP contribution in [0.1, 0.15) is 67.9 Å². The van der Waals surface area contributed by atoms with Gasteiger partial charge in [0.25, 0.3) is 5.91 Å². The number of aromatic nitrogens is 2. The van der Waals surface area contributed by atoms with Gasteiger partial charge in [-0.1, -0.05) is 61.4 Å². The molecule has 0 unspecified atom stereocenters. The number of ether oxygens (including phenoxy) is 1. The van der Waals surface area contributed by atoms with Crippen LogP contribution in [-0.2, 0) is 4.74 Å². The zero-order valence-electron chi connectivity index (χ0n) is 24.2. The summed E-state index contributed by atoms with van der Waals surface area (Å²) < 4.78 is 7.78. The van der Waals surface area contributed by atoms with Crippen LogP contribution in [0.15, 0.2) is 67.0 Å². The van der Waals surface area contributed by atoms with Gasteiger partial charge in [0, 0.05) is 43.5 Å². The summed E-state index contributed by atoms with van der Waals surface area (Å²) in [5.41, 5.74) is 3.34. The van der Waals surface area contributed by atoms with Gasteiger partial charge in [-0.25, -0.2) is 9.78 Å². The second-order valence-electron chi connectivity index (χ2n) is 11.7. The number of hydrogen-bond acceptors (Lipinski definition) is 6. The molecule has 3 atom stereocenters. The largest absolute Gasteiger partial charge is 0.446 e. The van der Waals surface area contributed by atoms with Crippen molar-refractivity contribution in [3.8, 4) is 11.3 Å². The zero-order valence-corrected chi connectivity index (χ0v) is 24.2. The molecule has 3 aromatic rings. The van der Waals surface area contributed by atoms with Crippen LogP contribution in [0.4, 0.5) is 10.5 Å². The first kappa shape index (κ1) is 28.3. The van der Waals surface area contributed by atoms with Crippen molar-refractivity contribution in [3.63, 3.8) is 0 Å². The van der Waals surface area contributed by atoms with Crippen molar-refractivity contribution in [1.82, 2.24) is 25.1 Å². The summed E-state index contributed by atoms with van der Waals surface area (Å²) in [5, 5.41) is 10.1. The van der Waals surface area contributed by atoms with Gasteiger partial charge in [0.05, 0.1) is 24.1 Å². The number of anilines is 1. The van der Waals surface area contributed by atoms with Crippen molar-refractivity contribution >= 4 is 17.7 Å². The van der Waals surface area contributed by atoms with Crippen molar-refractivity contribution in [1.29, 1.82) is 0 Å². The van der Waals surface area contributed by atoms with E-state index >= 15 is 0 Å². The molecule has 2 saturated carbocycles. The van der Waals surface area contributed by atoms with Crippen LogP contribution in [0.3, 0.4) is 0 Å². The van der Waals surface area contributed by atoms with Crippen LogP contribution in [0.5, 0.6) is 0 Å². The fraction of sp³-hybridized carbons (Fsp3) is 0.485. The van der Waals surface area contributed by atoms with Crippen LogP contribution >= 0.6 is 0 Å². The fourth-order valence-corrected chi connectivity index (χ4v) is 6.45. The van der Waals surface area contributed by atoms with Gasteiger partial charge in [-0.05, 0) is 50.7 Å². The van der Waals surface area contributed by atoms with Crippen LogP contribution in [0.2, 0.25) is 0 Å². The average molecular weight is 571 g/mol. The van der Waals surface area contributed by atoms with E-state index in [0.717, 1.165) is 87.9 Å². The molecule has 222 valence electrons. The Morgan fingerprint density at radius 3 is 2.48 bits per heavy atom. The first-order valence-corrected chi connectivity index (χ1v) is 15.6. The Kier molecular flexibility index (Phi) is 9.03. The number of carbonyl (C=O) groups excluding carboxylic acids is 2. The topological polar surface area (TPSA) is 101 Å². The smallest absolute Gasteiger partial charge is 0.407 e. The van der Waals surface area contributed by atoms with Crippen molar-refractivity contribution in [2.45, 2.75) is 75.6 Å². The lowest BCUT2D eigenvalue weighted by Gasteiger charge is -2.37. The summed E-state index contributed by atoms with van der Waals surface area (Å²) in [6, 6.07) is 20.2. The number of carbonyl (C=O) groups is 2. The number of nitrogens with one attached hydrogen (secondary N) is 3. The van der Waals surface area contributed by atoms with Crippen LogP contribution < -0.4 is 16.0 Å². The Morgan fingerprint density at radius 1 is 0.952 bits per heavy atom. The molecule has 2 aromatic carbocycles. The molecule has 0 radical (unpaired) electrons. The number of amides is 2. The van der Waals surface area contributed by atoms with Gasteiger partial charge in [-0.15, -0.1) is 0 Å². The maximum atomic E-state index is 14.3. The molecule has 2 amide bonds. The zero-order chi connectivity index (χ0) is 28.7. The van der Waals surface area contributed by atoms with Gasteiger partial charge in [-0.3, -0.25) is 4.79 Å². The van der Waals surface area contributed by atoms with Crippen molar-refractivity contribution < 1.29 is 14.3 Å². The van der Waals surface area contributed by atoms with Crippen molar-refractivity contribution in [2.24, 2.45) is 0 Å². The van der Waals surface area contributed by atoms with Gasteiger partial charge in [0.2, 0.25) is 0 Å². The molecule has 42 heavy (non-hydrogen) atoms. The molecule has 1 aromatic heterocycles. The summed E-state index contributed by atoms with van der Waals surface area (Å²) in [6.07, 6.45) is 9.24. The minimum absolute atomic E-state index is 0.00848. The maximum absolute atomic E-state index is 14.3. The molecule has 6 rings (SSSR count). The van der Waals surface area contributed by atoms with E-state index in [9.17, 15) is 9.59 Å². The number of benzene rings is 2. The molecule has 1 aliphatic heterocycles. The van der Waals surface area contributed by atoms with Crippen LogP contribution in [0, 0.1) is 0 Å². The predicted molar refractivity (Wildman–Crippen MR) is 163 cm³/mol. The highest BCUT2D eigenvalue weighted by atomic mass is 16.6. The molecule has 2 aliphatic carbocycles. The Hall–Kier alpha value is -3.85. The number of hydrogen-bond donors (Lipinski definition) is 3. The minimum Gasteiger partial charge on any atom is -0.446 e. The van der Waals surface area contributed by atoms with E-state index in [1.807, 2.05) is 59.8 Å². The molecule has 3 fully saturated rings. The van der Waals surface area contributed by atoms with Gasteiger partial charge in [0.15, 0.2) is 5.69 Å².